The molecule has 37 heavy (non-hydrogen) atoms. The van der Waals surface area contributed by atoms with Gasteiger partial charge in [0.25, 0.3) is 11.5 Å². The predicted molar refractivity (Wildman–Crippen MR) is 137 cm³/mol. The zero-order valence-corrected chi connectivity index (χ0v) is 20.1. The van der Waals surface area contributed by atoms with Crippen molar-refractivity contribution in [3.8, 4) is 0 Å². The topological polar surface area (TPSA) is 135 Å². The minimum absolute atomic E-state index is 0.0664. The minimum atomic E-state index is -1.38. The summed E-state index contributed by atoms with van der Waals surface area (Å²) in [5, 5.41) is 24.3. The van der Waals surface area contributed by atoms with Crippen LogP contribution in [-0.4, -0.2) is 41.5 Å². The SMILES string of the molecule is O=C(NC(C(=O)O)c1n[nH]c2ccc(Cl)cc12)c1cnn(Cc2ccc(Cn3ccccc3=O)cc2)c1. The molecule has 0 spiro atoms. The van der Waals surface area contributed by atoms with Crippen LogP contribution >= 0.6 is 11.6 Å². The first-order chi connectivity index (χ1) is 17.9. The number of hydrogen-bond acceptors (Lipinski definition) is 5. The largest absolute Gasteiger partial charge is 0.479 e. The van der Waals surface area contributed by atoms with Gasteiger partial charge in [-0.1, -0.05) is 41.9 Å². The third kappa shape index (κ3) is 5.29. The first-order valence-electron chi connectivity index (χ1n) is 11.3. The molecule has 0 fully saturated rings. The number of carbonyl (C=O) groups excluding carboxylic acids is 1. The van der Waals surface area contributed by atoms with Gasteiger partial charge in [-0.2, -0.15) is 10.2 Å². The maximum absolute atomic E-state index is 12.8. The molecule has 0 bridgehead atoms. The first kappa shape index (κ1) is 24.0. The van der Waals surface area contributed by atoms with Gasteiger partial charge in [0.05, 0.1) is 30.4 Å². The van der Waals surface area contributed by atoms with E-state index in [1.165, 1.54) is 12.3 Å². The van der Waals surface area contributed by atoms with Crippen LogP contribution in [0.4, 0.5) is 0 Å². The van der Waals surface area contributed by atoms with Gasteiger partial charge in [0.15, 0.2) is 6.04 Å². The van der Waals surface area contributed by atoms with Gasteiger partial charge in [0, 0.05) is 28.9 Å². The molecular weight excluding hydrogens is 496 g/mol. The van der Waals surface area contributed by atoms with Crippen molar-refractivity contribution in [3.63, 3.8) is 0 Å². The Bertz CT molecular complexity index is 1650. The number of aromatic nitrogens is 5. The molecule has 0 aliphatic heterocycles. The summed E-state index contributed by atoms with van der Waals surface area (Å²) in [6.07, 6.45) is 4.67. The molecular formula is C26H21ClN6O4. The highest BCUT2D eigenvalue weighted by Gasteiger charge is 2.27. The second-order valence-electron chi connectivity index (χ2n) is 8.45. The molecule has 0 saturated carbocycles. The predicted octanol–water partition coefficient (Wildman–Crippen LogP) is 3.23. The summed E-state index contributed by atoms with van der Waals surface area (Å²) in [7, 11) is 0. The molecule has 2 aromatic carbocycles. The van der Waals surface area contributed by atoms with Crippen molar-refractivity contribution in [1.82, 2.24) is 29.9 Å². The van der Waals surface area contributed by atoms with Crippen LogP contribution in [0.3, 0.4) is 0 Å². The Morgan fingerprint density at radius 2 is 1.81 bits per heavy atom. The Balaban J connectivity index is 1.27. The second kappa shape index (κ2) is 10.1. The standard InChI is InChI=1S/C26H21ClN6O4/c27-19-8-9-21-20(11-19)23(31-30-21)24(26(36)37)29-25(35)18-12-28-33(15-18)14-17-6-4-16(5-7-17)13-32-10-2-1-3-22(32)34/h1-12,15,24H,13-14H2,(H,29,35)(H,30,31)(H,36,37). The van der Waals surface area contributed by atoms with E-state index in [4.69, 9.17) is 11.6 Å². The molecule has 3 N–H and O–H groups in total. The number of aromatic amines is 1. The molecule has 0 saturated heterocycles. The van der Waals surface area contributed by atoms with E-state index in [-0.39, 0.29) is 16.8 Å². The van der Waals surface area contributed by atoms with Gasteiger partial charge < -0.3 is 15.0 Å². The van der Waals surface area contributed by atoms with Crippen LogP contribution in [-0.2, 0) is 17.9 Å². The highest BCUT2D eigenvalue weighted by Crippen LogP contribution is 2.25. The highest BCUT2D eigenvalue weighted by atomic mass is 35.5. The minimum Gasteiger partial charge on any atom is -0.479 e. The van der Waals surface area contributed by atoms with Gasteiger partial charge in [-0.05, 0) is 35.4 Å². The molecule has 3 aromatic heterocycles. The van der Waals surface area contributed by atoms with Crippen LogP contribution in [0.1, 0.15) is 33.2 Å². The number of pyridine rings is 1. The summed E-state index contributed by atoms with van der Waals surface area (Å²) in [6.45, 7) is 0.873. The van der Waals surface area contributed by atoms with E-state index < -0.39 is 17.9 Å². The maximum atomic E-state index is 12.8. The number of benzene rings is 2. The Morgan fingerprint density at radius 3 is 2.54 bits per heavy atom. The van der Waals surface area contributed by atoms with E-state index in [0.717, 1.165) is 11.1 Å². The van der Waals surface area contributed by atoms with Crippen molar-refractivity contribution in [1.29, 1.82) is 0 Å². The molecule has 5 aromatic rings. The van der Waals surface area contributed by atoms with E-state index in [2.05, 4.69) is 20.6 Å². The number of fused-ring (bicyclic) bond motifs is 1. The van der Waals surface area contributed by atoms with Crippen LogP contribution in [0.5, 0.6) is 0 Å². The number of carboxylic acids is 1. The van der Waals surface area contributed by atoms with Gasteiger partial charge in [-0.15, -0.1) is 0 Å². The average Bonchev–Trinajstić information content (AvgIpc) is 3.52. The van der Waals surface area contributed by atoms with Crippen LogP contribution in [0.2, 0.25) is 5.02 Å². The molecule has 1 amide bonds. The van der Waals surface area contributed by atoms with Crippen molar-refractivity contribution in [2.45, 2.75) is 19.1 Å². The fourth-order valence-corrected chi connectivity index (χ4v) is 4.15. The highest BCUT2D eigenvalue weighted by molar-refractivity contribution is 6.31. The smallest absolute Gasteiger partial charge is 0.332 e. The number of carboxylic acid groups (broad SMARTS) is 1. The summed E-state index contributed by atoms with van der Waals surface area (Å²) < 4.78 is 3.21. The summed E-state index contributed by atoms with van der Waals surface area (Å²) in [6, 6.07) is 16.3. The van der Waals surface area contributed by atoms with Crippen LogP contribution in [0.25, 0.3) is 10.9 Å². The summed E-state index contributed by atoms with van der Waals surface area (Å²) in [5.74, 6) is -1.85. The summed E-state index contributed by atoms with van der Waals surface area (Å²) in [5.41, 5.74) is 2.83. The lowest BCUT2D eigenvalue weighted by Gasteiger charge is -2.12. The molecule has 0 radical (unpaired) electrons. The molecule has 0 aliphatic carbocycles. The molecule has 11 heteroatoms. The molecule has 186 valence electrons. The van der Waals surface area contributed by atoms with E-state index in [1.807, 2.05) is 30.3 Å². The Morgan fingerprint density at radius 1 is 1.05 bits per heavy atom. The van der Waals surface area contributed by atoms with Crippen molar-refractivity contribution < 1.29 is 14.7 Å². The van der Waals surface area contributed by atoms with Gasteiger partial charge >= 0.3 is 5.97 Å². The molecule has 1 unspecified atom stereocenters. The lowest BCUT2D eigenvalue weighted by molar-refractivity contribution is -0.139. The van der Waals surface area contributed by atoms with E-state index in [1.54, 1.807) is 45.9 Å². The number of H-pyrrole nitrogens is 1. The molecule has 10 nitrogen and oxygen atoms in total. The molecule has 0 aliphatic rings. The van der Waals surface area contributed by atoms with Crippen molar-refractivity contribution >= 4 is 34.4 Å². The maximum Gasteiger partial charge on any atom is 0.332 e. The third-order valence-corrected chi connectivity index (χ3v) is 6.10. The zero-order chi connectivity index (χ0) is 25.9. The number of halogens is 1. The lowest BCUT2D eigenvalue weighted by atomic mass is 10.1. The van der Waals surface area contributed by atoms with Crippen molar-refractivity contribution in [2.24, 2.45) is 0 Å². The number of hydrogen-bond donors (Lipinski definition) is 3. The Kier molecular flexibility index (Phi) is 6.57. The average molecular weight is 517 g/mol. The van der Waals surface area contributed by atoms with E-state index in [0.29, 0.717) is 29.0 Å². The number of nitrogens with one attached hydrogen (secondary N) is 2. The lowest BCUT2D eigenvalue weighted by Crippen LogP contribution is -2.34. The Hall–Kier alpha value is -4.70. The number of rotatable bonds is 8. The monoisotopic (exact) mass is 516 g/mol. The van der Waals surface area contributed by atoms with E-state index >= 15 is 0 Å². The quantitative estimate of drug-likeness (QED) is 0.290. The van der Waals surface area contributed by atoms with Gasteiger partial charge in [0.2, 0.25) is 0 Å². The number of nitrogens with zero attached hydrogens (tertiary/aromatic N) is 4. The third-order valence-electron chi connectivity index (χ3n) is 5.87. The van der Waals surface area contributed by atoms with Crippen LogP contribution < -0.4 is 10.9 Å². The van der Waals surface area contributed by atoms with Crippen LogP contribution in [0.15, 0.2) is 84.0 Å². The fraction of sp³-hybridized carbons (Fsp3) is 0.115. The van der Waals surface area contributed by atoms with Crippen LogP contribution in [0, 0.1) is 0 Å². The number of amides is 1. The Labute approximate surface area is 215 Å². The van der Waals surface area contributed by atoms with Gasteiger partial charge in [-0.3, -0.25) is 19.4 Å². The first-order valence-corrected chi connectivity index (χ1v) is 11.7. The van der Waals surface area contributed by atoms with Gasteiger partial charge in [-0.25, -0.2) is 4.79 Å². The molecule has 3 heterocycles. The van der Waals surface area contributed by atoms with E-state index in [9.17, 15) is 19.5 Å². The number of aliphatic carboxylic acids is 1. The van der Waals surface area contributed by atoms with Gasteiger partial charge in [0.1, 0.15) is 5.69 Å². The normalized spacial score (nSPS) is 11.9. The zero-order valence-electron chi connectivity index (χ0n) is 19.3. The fourth-order valence-electron chi connectivity index (χ4n) is 3.98. The van der Waals surface area contributed by atoms with Crippen molar-refractivity contribution in [2.75, 3.05) is 0 Å². The second-order valence-corrected chi connectivity index (χ2v) is 8.89. The summed E-state index contributed by atoms with van der Waals surface area (Å²) >= 11 is 6.05. The number of carbonyl (C=O) groups is 2. The van der Waals surface area contributed by atoms with Crippen molar-refractivity contribution in [3.05, 3.63) is 117 Å². The summed E-state index contributed by atoms with van der Waals surface area (Å²) in [4.78, 5) is 36.7. The molecule has 5 rings (SSSR count). The molecule has 1 atom stereocenters.